The van der Waals surface area contributed by atoms with Gasteiger partial charge in [0.2, 0.25) is 0 Å². The third kappa shape index (κ3) is 6.13. The molecule has 4 aromatic rings. The van der Waals surface area contributed by atoms with Gasteiger partial charge in [0.05, 0.1) is 36.7 Å². The van der Waals surface area contributed by atoms with Crippen LogP contribution in [-0.2, 0) is 6.61 Å². The van der Waals surface area contributed by atoms with Gasteiger partial charge < -0.3 is 4.74 Å². The Kier molecular flexibility index (Phi) is 8.80. The second-order valence-electron chi connectivity index (χ2n) is 9.18. The van der Waals surface area contributed by atoms with E-state index in [4.69, 9.17) is 44.5 Å². The first-order valence-corrected chi connectivity index (χ1v) is 14.8. The molecule has 1 saturated carbocycles. The Hall–Kier alpha value is -1.90. The van der Waals surface area contributed by atoms with E-state index >= 15 is 0 Å². The van der Waals surface area contributed by atoms with Gasteiger partial charge in [0.15, 0.2) is 5.75 Å². The van der Waals surface area contributed by atoms with E-state index in [9.17, 15) is 4.79 Å². The first-order chi connectivity index (χ1) is 18.3. The van der Waals surface area contributed by atoms with Crippen molar-refractivity contribution < 1.29 is 4.74 Å². The topological polar surface area (TPSA) is 56.5 Å². The van der Waals surface area contributed by atoms with Gasteiger partial charge in [-0.05, 0) is 82.4 Å². The van der Waals surface area contributed by atoms with Gasteiger partial charge in [-0.25, -0.2) is 4.98 Å². The monoisotopic (exact) mass is 695 g/mol. The van der Waals surface area contributed by atoms with Gasteiger partial charge >= 0.3 is 0 Å². The predicted octanol–water partition coefficient (Wildman–Crippen LogP) is 9.39. The first-order valence-electron chi connectivity index (χ1n) is 12.1. The Morgan fingerprint density at radius 2 is 1.76 bits per heavy atom. The van der Waals surface area contributed by atoms with Crippen molar-refractivity contribution in [2.45, 2.75) is 44.6 Å². The molecule has 0 atom stereocenters. The van der Waals surface area contributed by atoms with Crippen LogP contribution in [0.25, 0.3) is 10.9 Å². The SMILES string of the molecule is O=c1c2cc(Br)ccc2nc(C2CCCCC2)n1N=Cc1cc(Cl)c(OCc2ccc(Cl)c(Cl)c2)c(Br)c1. The second kappa shape index (κ2) is 12.1. The lowest BCUT2D eigenvalue weighted by molar-refractivity contribution is 0.304. The summed E-state index contributed by atoms with van der Waals surface area (Å²) >= 11 is 25.7. The van der Waals surface area contributed by atoms with E-state index < -0.39 is 0 Å². The summed E-state index contributed by atoms with van der Waals surface area (Å²) in [6, 6.07) is 14.5. The number of halogens is 5. The van der Waals surface area contributed by atoms with Crippen LogP contribution in [-0.4, -0.2) is 15.9 Å². The molecule has 10 heteroatoms. The minimum absolute atomic E-state index is 0.189. The minimum atomic E-state index is -0.195. The van der Waals surface area contributed by atoms with E-state index in [-0.39, 0.29) is 18.1 Å². The maximum absolute atomic E-state index is 13.5. The highest BCUT2D eigenvalue weighted by Gasteiger charge is 2.22. The van der Waals surface area contributed by atoms with E-state index in [1.54, 1.807) is 30.5 Å². The molecule has 5 rings (SSSR count). The maximum Gasteiger partial charge on any atom is 0.282 e. The van der Waals surface area contributed by atoms with Crippen LogP contribution >= 0.6 is 66.7 Å². The van der Waals surface area contributed by atoms with Crippen LogP contribution in [0.5, 0.6) is 5.75 Å². The molecule has 0 amide bonds. The third-order valence-corrected chi connectivity index (χ3v) is 8.62. The number of nitrogens with zero attached hydrogens (tertiary/aromatic N) is 3. The van der Waals surface area contributed by atoms with Crippen LogP contribution in [0, 0.1) is 0 Å². The third-order valence-electron chi connectivity index (χ3n) is 6.51. The van der Waals surface area contributed by atoms with Crippen molar-refractivity contribution in [1.82, 2.24) is 9.66 Å². The highest BCUT2D eigenvalue weighted by molar-refractivity contribution is 9.10. The fourth-order valence-corrected chi connectivity index (χ4v) is 6.27. The molecule has 0 saturated heterocycles. The zero-order chi connectivity index (χ0) is 26.8. The molecule has 1 fully saturated rings. The van der Waals surface area contributed by atoms with E-state index in [2.05, 4.69) is 37.0 Å². The molecule has 196 valence electrons. The van der Waals surface area contributed by atoms with Crippen LogP contribution in [0.2, 0.25) is 15.1 Å². The minimum Gasteiger partial charge on any atom is -0.486 e. The van der Waals surface area contributed by atoms with Crippen molar-refractivity contribution in [3.8, 4) is 5.75 Å². The average Bonchev–Trinajstić information content (AvgIpc) is 2.90. The van der Waals surface area contributed by atoms with Crippen LogP contribution in [0.1, 0.15) is 55.0 Å². The molecule has 1 aromatic heterocycles. The van der Waals surface area contributed by atoms with Crippen molar-refractivity contribution in [2.24, 2.45) is 5.10 Å². The lowest BCUT2D eigenvalue weighted by atomic mass is 9.88. The van der Waals surface area contributed by atoms with Gasteiger partial charge in [-0.15, -0.1) is 0 Å². The van der Waals surface area contributed by atoms with Gasteiger partial charge in [-0.1, -0.05) is 76.1 Å². The molecule has 1 heterocycles. The molecule has 0 N–H and O–H groups in total. The smallest absolute Gasteiger partial charge is 0.282 e. The first kappa shape index (κ1) is 27.7. The summed E-state index contributed by atoms with van der Waals surface area (Å²) in [7, 11) is 0. The highest BCUT2D eigenvalue weighted by Crippen LogP contribution is 2.36. The Labute approximate surface area is 252 Å². The molecule has 0 spiro atoms. The second-order valence-corrected chi connectivity index (χ2v) is 12.2. The molecule has 0 bridgehead atoms. The molecule has 1 aliphatic rings. The molecule has 5 nitrogen and oxygen atoms in total. The van der Waals surface area contributed by atoms with E-state index in [1.165, 1.54) is 11.1 Å². The van der Waals surface area contributed by atoms with Crippen LogP contribution in [0.15, 0.2) is 67.4 Å². The standard InChI is InChI=1S/C28H22Br2Cl3N3O2/c29-19-7-9-25-20(13-19)28(37)36(27(35-25)18-4-2-1-3-5-18)34-14-17-10-21(30)26(24(33)12-17)38-15-16-6-8-22(31)23(32)11-16/h6-14,18H,1-5,15H2. The molecule has 3 aromatic carbocycles. The molecular weight excluding hydrogens is 676 g/mol. The molecule has 1 aliphatic carbocycles. The van der Waals surface area contributed by atoms with Gasteiger partial charge in [-0.2, -0.15) is 9.78 Å². The number of ether oxygens (including phenoxy) is 1. The maximum atomic E-state index is 13.5. The fraction of sp³-hybridized carbons (Fsp3) is 0.250. The van der Waals surface area contributed by atoms with Crippen molar-refractivity contribution in [2.75, 3.05) is 0 Å². The largest absolute Gasteiger partial charge is 0.486 e. The van der Waals surface area contributed by atoms with Crippen molar-refractivity contribution >= 4 is 83.8 Å². The van der Waals surface area contributed by atoms with Crippen molar-refractivity contribution in [3.05, 3.63) is 99.8 Å². The summed E-state index contributed by atoms with van der Waals surface area (Å²) in [6.07, 6.45) is 7.05. The van der Waals surface area contributed by atoms with Crippen molar-refractivity contribution in [1.29, 1.82) is 0 Å². The Bertz CT molecular complexity index is 1580. The lowest BCUT2D eigenvalue weighted by Crippen LogP contribution is -2.25. The number of hydrogen-bond donors (Lipinski definition) is 0. The van der Waals surface area contributed by atoms with Crippen LogP contribution in [0.3, 0.4) is 0 Å². The predicted molar refractivity (Wildman–Crippen MR) is 162 cm³/mol. The van der Waals surface area contributed by atoms with E-state index in [0.29, 0.717) is 47.6 Å². The van der Waals surface area contributed by atoms with Gasteiger partial charge in [-0.3, -0.25) is 4.79 Å². The summed E-state index contributed by atoms with van der Waals surface area (Å²) in [5.41, 5.74) is 2.05. The van der Waals surface area contributed by atoms with Gasteiger partial charge in [0, 0.05) is 10.4 Å². The van der Waals surface area contributed by atoms with E-state index in [1.807, 2.05) is 24.3 Å². The molecule has 0 radical (unpaired) electrons. The van der Waals surface area contributed by atoms with Crippen LogP contribution in [0.4, 0.5) is 0 Å². The molecular formula is C28H22Br2Cl3N3O2. The van der Waals surface area contributed by atoms with E-state index in [0.717, 1.165) is 35.7 Å². The number of fused-ring (bicyclic) bond motifs is 1. The normalized spacial score (nSPS) is 14.4. The Balaban J connectivity index is 1.46. The lowest BCUT2D eigenvalue weighted by Gasteiger charge is -2.22. The summed E-state index contributed by atoms with van der Waals surface area (Å²) < 4.78 is 8.87. The van der Waals surface area contributed by atoms with Gasteiger partial charge in [0.25, 0.3) is 5.56 Å². The number of benzene rings is 3. The Morgan fingerprint density at radius 1 is 0.974 bits per heavy atom. The summed E-state index contributed by atoms with van der Waals surface area (Å²) in [6.45, 7) is 0.265. The average molecular weight is 699 g/mol. The summed E-state index contributed by atoms with van der Waals surface area (Å²) in [5, 5.41) is 6.47. The zero-order valence-corrected chi connectivity index (χ0v) is 25.5. The zero-order valence-electron chi connectivity index (χ0n) is 20.1. The molecule has 0 unspecified atom stereocenters. The van der Waals surface area contributed by atoms with Crippen LogP contribution < -0.4 is 10.3 Å². The number of aromatic nitrogens is 2. The number of rotatable bonds is 6. The molecule has 38 heavy (non-hydrogen) atoms. The highest BCUT2D eigenvalue weighted by atomic mass is 79.9. The number of hydrogen-bond acceptors (Lipinski definition) is 4. The fourth-order valence-electron chi connectivity index (χ4n) is 4.60. The molecule has 0 aliphatic heterocycles. The Morgan fingerprint density at radius 3 is 2.50 bits per heavy atom. The van der Waals surface area contributed by atoms with Crippen molar-refractivity contribution in [3.63, 3.8) is 0 Å². The van der Waals surface area contributed by atoms with Gasteiger partial charge in [0.1, 0.15) is 12.4 Å². The quantitative estimate of drug-likeness (QED) is 0.189. The summed E-state index contributed by atoms with van der Waals surface area (Å²) in [4.78, 5) is 18.4. The summed E-state index contributed by atoms with van der Waals surface area (Å²) in [5.74, 6) is 1.38.